The molecule has 0 aromatic heterocycles. The van der Waals surface area contributed by atoms with Gasteiger partial charge in [0.2, 0.25) is 0 Å². The molecule has 112 valence electrons. The summed E-state index contributed by atoms with van der Waals surface area (Å²) < 4.78 is 1.16. The van der Waals surface area contributed by atoms with Gasteiger partial charge in [0.1, 0.15) is 0 Å². The Morgan fingerprint density at radius 2 is 1.71 bits per heavy atom. The van der Waals surface area contributed by atoms with Crippen LogP contribution in [0.1, 0.15) is 30.0 Å². The number of nitrogens with one attached hydrogen (secondary N) is 1. The van der Waals surface area contributed by atoms with Crippen LogP contribution in [0.15, 0.2) is 53.0 Å². The van der Waals surface area contributed by atoms with Crippen molar-refractivity contribution in [3.05, 3.63) is 69.7 Å². The van der Waals surface area contributed by atoms with Crippen LogP contribution in [0.5, 0.6) is 0 Å². The summed E-state index contributed by atoms with van der Waals surface area (Å²) in [4.78, 5) is 0. The van der Waals surface area contributed by atoms with Crippen LogP contribution in [-0.2, 0) is 12.8 Å². The van der Waals surface area contributed by atoms with Crippen LogP contribution in [0, 0.1) is 6.92 Å². The highest BCUT2D eigenvalue weighted by Crippen LogP contribution is 2.15. The van der Waals surface area contributed by atoms with Crippen LogP contribution in [0.25, 0.3) is 0 Å². The lowest BCUT2D eigenvalue weighted by Crippen LogP contribution is -2.33. The van der Waals surface area contributed by atoms with Crippen molar-refractivity contribution in [2.75, 3.05) is 6.54 Å². The average Bonchev–Trinajstić information content (AvgIpc) is 2.47. The number of benzene rings is 2. The van der Waals surface area contributed by atoms with Crippen molar-refractivity contribution in [3.8, 4) is 0 Å². The van der Waals surface area contributed by atoms with E-state index in [4.69, 9.17) is 0 Å². The van der Waals surface area contributed by atoms with Crippen LogP contribution >= 0.6 is 15.9 Å². The predicted octanol–water partition coefficient (Wildman–Crippen LogP) is 4.91. The van der Waals surface area contributed by atoms with E-state index in [9.17, 15) is 0 Å². The summed E-state index contributed by atoms with van der Waals surface area (Å²) in [5.74, 6) is 0. The van der Waals surface area contributed by atoms with Gasteiger partial charge in [-0.25, -0.2) is 0 Å². The van der Waals surface area contributed by atoms with E-state index < -0.39 is 0 Å². The summed E-state index contributed by atoms with van der Waals surface area (Å²) in [5.41, 5.74) is 4.11. The van der Waals surface area contributed by atoms with Gasteiger partial charge in [0.05, 0.1) is 0 Å². The number of aryl methyl sites for hydroxylation is 1. The maximum atomic E-state index is 3.69. The molecule has 2 rings (SSSR count). The van der Waals surface area contributed by atoms with Gasteiger partial charge < -0.3 is 5.32 Å². The van der Waals surface area contributed by atoms with E-state index in [1.807, 2.05) is 0 Å². The molecular weight excluding hydrogens is 322 g/mol. The molecule has 0 bridgehead atoms. The van der Waals surface area contributed by atoms with E-state index in [1.54, 1.807) is 0 Å². The number of rotatable bonds is 7. The topological polar surface area (TPSA) is 12.0 Å². The molecule has 0 amide bonds. The number of halogens is 1. The van der Waals surface area contributed by atoms with Gasteiger partial charge in [-0.05, 0) is 56.0 Å². The lowest BCUT2D eigenvalue weighted by atomic mass is 9.98. The van der Waals surface area contributed by atoms with Crippen LogP contribution in [0.4, 0.5) is 0 Å². The highest BCUT2D eigenvalue weighted by molar-refractivity contribution is 9.10. The Balaban J connectivity index is 2.04. The molecule has 0 aliphatic heterocycles. The van der Waals surface area contributed by atoms with E-state index in [-0.39, 0.29) is 0 Å². The first-order valence-corrected chi connectivity index (χ1v) is 8.50. The molecule has 2 aromatic carbocycles. The molecule has 21 heavy (non-hydrogen) atoms. The van der Waals surface area contributed by atoms with Crippen molar-refractivity contribution in [1.82, 2.24) is 5.32 Å². The summed E-state index contributed by atoms with van der Waals surface area (Å²) in [5, 5.41) is 3.69. The summed E-state index contributed by atoms with van der Waals surface area (Å²) in [6.07, 6.45) is 3.31. The molecule has 0 saturated carbocycles. The van der Waals surface area contributed by atoms with Crippen molar-refractivity contribution < 1.29 is 0 Å². The number of hydrogen-bond donors (Lipinski definition) is 1. The van der Waals surface area contributed by atoms with Gasteiger partial charge in [0.25, 0.3) is 0 Å². The highest BCUT2D eigenvalue weighted by atomic mass is 79.9. The maximum absolute atomic E-state index is 3.69. The Bertz CT molecular complexity index is 548. The maximum Gasteiger partial charge on any atom is 0.0178 e. The fraction of sp³-hybridized carbons (Fsp3) is 0.368. The van der Waals surface area contributed by atoms with Crippen LogP contribution in [0.3, 0.4) is 0 Å². The van der Waals surface area contributed by atoms with E-state index in [2.05, 4.69) is 83.6 Å². The van der Waals surface area contributed by atoms with Gasteiger partial charge in [-0.2, -0.15) is 0 Å². The molecule has 1 unspecified atom stereocenters. The quantitative estimate of drug-likeness (QED) is 0.751. The summed E-state index contributed by atoms with van der Waals surface area (Å²) in [6, 6.07) is 18.0. The second kappa shape index (κ2) is 8.35. The second-order valence-electron chi connectivity index (χ2n) is 5.67. The normalized spacial score (nSPS) is 12.3. The Kier molecular flexibility index (Phi) is 6.47. The van der Waals surface area contributed by atoms with E-state index in [1.165, 1.54) is 23.1 Å². The smallest absolute Gasteiger partial charge is 0.0178 e. The first-order valence-electron chi connectivity index (χ1n) is 7.70. The van der Waals surface area contributed by atoms with Crippen LogP contribution in [0.2, 0.25) is 0 Å². The van der Waals surface area contributed by atoms with Crippen LogP contribution < -0.4 is 5.32 Å². The summed E-state index contributed by atoms with van der Waals surface area (Å²) in [6.45, 7) is 5.43. The van der Waals surface area contributed by atoms with Gasteiger partial charge in [0, 0.05) is 10.5 Å². The minimum Gasteiger partial charge on any atom is -0.313 e. The standard InChI is InChI=1S/C19H24BrN/c1-3-11-21-19(13-16-9-7-15(2)8-10-16)14-17-5-4-6-18(20)12-17/h4-10,12,19,21H,3,11,13-14H2,1-2H3. The first kappa shape index (κ1) is 16.3. The summed E-state index contributed by atoms with van der Waals surface area (Å²) in [7, 11) is 0. The zero-order valence-corrected chi connectivity index (χ0v) is 14.5. The third kappa shape index (κ3) is 5.64. The lowest BCUT2D eigenvalue weighted by Gasteiger charge is -2.19. The Morgan fingerprint density at radius 1 is 1.00 bits per heavy atom. The summed E-state index contributed by atoms with van der Waals surface area (Å²) >= 11 is 3.56. The van der Waals surface area contributed by atoms with E-state index in [0.29, 0.717) is 6.04 Å². The fourth-order valence-electron chi connectivity index (χ4n) is 2.52. The highest BCUT2D eigenvalue weighted by Gasteiger charge is 2.10. The molecule has 0 heterocycles. The molecule has 1 N–H and O–H groups in total. The van der Waals surface area contributed by atoms with Crippen molar-refractivity contribution >= 4 is 15.9 Å². The third-order valence-corrected chi connectivity index (χ3v) is 4.15. The number of hydrogen-bond acceptors (Lipinski definition) is 1. The molecule has 0 aliphatic rings. The van der Waals surface area contributed by atoms with Crippen LogP contribution in [-0.4, -0.2) is 12.6 Å². The molecular formula is C19H24BrN. The Labute approximate surface area is 136 Å². The minimum absolute atomic E-state index is 0.488. The largest absolute Gasteiger partial charge is 0.313 e. The SMILES string of the molecule is CCCNC(Cc1ccc(C)cc1)Cc1cccc(Br)c1. The molecule has 0 spiro atoms. The average molecular weight is 346 g/mol. The second-order valence-corrected chi connectivity index (χ2v) is 6.59. The predicted molar refractivity (Wildman–Crippen MR) is 94.8 cm³/mol. The molecule has 2 aromatic rings. The molecule has 0 fully saturated rings. The molecule has 0 aliphatic carbocycles. The molecule has 2 heteroatoms. The zero-order valence-electron chi connectivity index (χ0n) is 12.9. The van der Waals surface area contributed by atoms with Gasteiger partial charge in [-0.3, -0.25) is 0 Å². The molecule has 1 atom stereocenters. The van der Waals surface area contributed by atoms with E-state index >= 15 is 0 Å². The third-order valence-electron chi connectivity index (χ3n) is 3.66. The van der Waals surface area contributed by atoms with Crippen molar-refractivity contribution in [1.29, 1.82) is 0 Å². The van der Waals surface area contributed by atoms with Crippen molar-refractivity contribution in [2.24, 2.45) is 0 Å². The molecule has 0 saturated heterocycles. The zero-order chi connectivity index (χ0) is 15.1. The molecule has 1 nitrogen and oxygen atoms in total. The lowest BCUT2D eigenvalue weighted by molar-refractivity contribution is 0.504. The van der Waals surface area contributed by atoms with Gasteiger partial charge in [0.15, 0.2) is 0 Å². The van der Waals surface area contributed by atoms with Crippen molar-refractivity contribution in [3.63, 3.8) is 0 Å². The minimum atomic E-state index is 0.488. The fourth-order valence-corrected chi connectivity index (χ4v) is 2.97. The van der Waals surface area contributed by atoms with Crippen molar-refractivity contribution in [2.45, 2.75) is 39.2 Å². The van der Waals surface area contributed by atoms with Gasteiger partial charge in [-0.1, -0.05) is 64.8 Å². The van der Waals surface area contributed by atoms with E-state index in [0.717, 1.165) is 23.9 Å². The first-order chi connectivity index (χ1) is 10.2. The van der Waals surface area contributed by atoms with Gasteiger partial charge in [-0.15, -0.1) is 0 Å². The molecule has 0 radical (unpaired) electrons. The Hall–Kier alpha value is -1.12. The Morgan fingerprint density at radius 3 is 2.38 bits per heavy atom. The monoisotopic (exact) mass is 345 g/mol. The van der Waals surface area contributed by atoms with Gasteiger partial charge >= 0.3 is 0 Å².